The summed E-state index contributed by atoms with van der Waals surface area (Å²) in [6, 6.07) is 5.02. The predicted octanol–water partition coefficient (Wildman–Crippen LogP) is 4.20. The van der Waals surface area contributed by atoms with Crippen LogP contribution in [0.25, 0.3) is 0 Å². The van der Waals surface area contributed by atoms with Crippen molar-refractivity contribution in [3.8, 4) is 0 Å². The first-order valence-corrected chi connectivity index (χ1v) is 8.90. The molecule has 1 unspecified atom stereocenters. The highest BCUT2D eigenvalue weighted by Gasteiger charge is 2.14. The van der Waals surface area contributed by atoms with Crippen molar-refractivity contribution in [2.24, 2.45) is 0 Å². The molecule has 1 amide bonds. The zero-order valence-electron chi connectivity index (χ0n) is 13.1. The van der Waals surface area contributed by atoms with Gasteiger partial charge in [0.15, 0.2) is 0 Å². The van der Waals surface area contributed by atoms with Gasteiger partial charge in [-0.15, -0.1) is 5.10 Å². The maximum absolute atomic E-state index is 12.1. The van der Waals surface area contributed by atoms with Gasteiger partial charge in [0.05, 0.1) is 11.8 Å². The standard InChI is InChI=1S/C15H18Cl2N4OS/c1-8(2)14-19-15(21-20-14)23-7-13(22)18-9(3)11-5-4-10(16)6-12(11)17/h4-6,8-9H,7H2,1-3H3,(H,18,22)(H,19,20,21). The maximum atomic E-state index is 12.1. The molecular formula is C15H18Cl2N4OS. The Balaban J connectivity index is 1.88. The molecule has 1 aromatic carbocycles. The number of aromatic nitrogens is 3. The third-order valence-corrected chi connectivity index (χ3v) is 4.58. The van der Waals surface area contributed by atoms with E-state index in [2.05, 4.69) is 20.5 Å². The van der Waals surface area contributed by atoms with Crippen LogP contribution in [0.15, 0.2) is 23.4 Å². The molecule has 2 N–H and O–H groups in total. The largest absolute Gasteiger partial charge is 0.349 e. The molecule has 2 aromatic rings. The van der Waals surface area contributed by atoms with Crippen LogP contribution in [0.1, 0.15) is 44.1 Å². The minimum Gasteiger partial charge on any atom is -0.349 e. The molecule has 0 aliphatic rings. The van der Waals surface area contributed by atoms with Crippen molar-refractivity contribution in [2.45, 2.75) is 37.9 Å². The molecule has 0 bridgehead atoms. The van der Waals surface area contributed by atoms with E-state index in [4.69, 9.17) is 23.2 Å². The van der Waals surface area contributed by atoms with Crippen molar-refractivity contribution in [3.05, 3.63) is 39.6 Å². The van der Waals surface area contributed by atoms with Gasteiger partial charge >= 0.3 is 0 Å². The fourth-order valence-corrected chi connectivity index (χ4v) is 3.11. The minimum atomic E-state index is -0.203. The third-order valence-electron chi connectivity index (χ3n) is 3.17. The number of halogens is 2. The second-order valence-corrected chi connectivity index (χ2v) is 7.19. The van der Waals surface area contributed by atoms with E-state index in [1.165, 1.54) is 11.8 Å². The molecule has 1 atom stereocenters. The van der Waals surface area contributed by atoms with Gasteiger partial charge in [-0.05, 0) is 24.6 Å². The average molecular weight is 373 g/mol. The zero-order chi connectivity index (χ0) is 17.0. The van der Waals surface area contributed by atoms with E-state index in [0.29, 0.717) is 15.2 Å². The zero-order valence-corrected chi connectivity index (χ0v) is 15.4. The van der Waals surface area contributed by atoms with E-state index in [9.17, 15) is 4.79 Å². The summed E-state index contributed by atoms with van der Waals surface area (Å²) in [5.74, 6) is 1.22. The number of amides is 1. The van der Waals surface area contributed by atoms with Gasteiger partial charge in [0.25, 0.3) is 0 Å². The molecular weight excluding hydrogens is 355 g/mol. The average Bonchev–Trinajstić information content (AvgIpc) is 2.94. The molecule has 0 fully saturated rings. The molecule has 23 heavy (non-hydrogen) atoms. The van der Waals surface area contributed by atoms with Crippen molar-refractivity contribution in [1.29, 1.82) is 0 Å². The van der Waals surface area contributed by atoms with Gasteiger partial charge in [-0.1, -0.05) is 54.9 Å². The van der Waals surface area contributed by atoms with Gasteiger partial charge < -0.3 is 5.32 Å². The Labute approximate surface area is 149 Å². The van der Waals surface area contributed by atoms with Gasteiger partial charge in [-0.3, -0.25) is 9.89 Å². The number of thioether (sulfide) groups is 1. The molecule has 0 saturated carbocycles. The molecule has 2 rings (SSSR count). The van der Waals surface area contributed by atoms with Crippen LogP contribution in [0.3, 0.4) is 0 Å². The fraction of sp³-hybridized carbons (Fsp3) is 0.400. The second kappa shape index (κ2) is 8.04. The van der Waals surface area contributed by atoms with Crippen molar-refractivity contribution >= 4 is 40.9 Å². The highest BCUT2D eigenvalue weighted by Crippen LogP contribution is 2.26. The summed E-state index contributed by atoms with van der Waals surface area (Å²) >= 11 is 13.3. The minimum absolute atomic E-state index is 0.107. The first-order valence-electron chi connectivity index (χ1n) is 7.16. The Morgan fingerprint density at radius 2 is 2.09 bits per heavy atom. The molecule has 0 saturated heterocycles. The number of aromatic amines is 1. The Morgan fingerprint density at radius 1 is 1.35 bits per heavy atom. The SMILES string of the molecule is CC(C)c1nc(SCC(=O)NC(C)c2ccc(Cl)cc2Cl)n[nH]1. The highest BCUT2D eigenvalue weighted by atomic mass is 35.5. The molecule has 0 aliphatic heterocycles. The molecule has 1 heterocycles. The topological polar surface area (TPSA) is 70.7 Å². The van der Waals surface area contributed by atoms with E-state index in [1.807, 2.05) is 26.8 Å². The maximum Gasteiger partial charge on any atom is 0.230 e. The van der Waals surface area contributed by atoms with Gasteiger partial charge in [0.2, 0.25) is 11.1 Å². The molecule has 8 heteroatoms. The van der Waals surface area contributed by atoms with Crippen LogP contribution in [0, 0.1) is 0 Å². The quantitative estimate of drug-likeness (QED) is 0.745. The number of H-pyrrole nitrogens is 1. The highest BCUT2D eigenvalue weighted by molar-refractivity contribution is 7.99. The summed E-state index contributed by atoms with van der Waals surface area (Å²) in [5.41, 5.74) is 0.828. The van der Waals surface area contributed by atoms with Crippen LogP contribution in [0.4, 0.5) is 0 Å². The molecule has 0 spiro atoms. The number of carbonyl (C=O) groups is 1. The number of hydrogen-bond donors (Lipinski definition) is 2. The van der Waals surface area contributed by atoms with Crippen molar-refractivity contribution < 1.29 is 4.79 Å². The van der Waals surface area contributed by atoms with Crippen LogP contribution in [0.5, 0.6) is 0 Å². The second-order valence-electron chi connectivity index (χ2n) is 5.40. The van der Waals surface area contributed by atoms with Crippen LogP contribution < -0.4 is 5.32 Å². The Morgan fingerprint density at radius 3 is 2.70 bits per heavy atom. The number of carbonyl (C=O) groups excluding carboxylic acids is 1. The Bertz CT molecular complexity index is 690. The summed E-state index contributed by atoms with van der Waals surface area (Å²) in [6.07, 6.45) is 0. The van der Waals surface area contributed by atoms with Crippen molar-refractivity contribution in [3.63, 3.8) is 0 Å². The normalized spacial score (nSPS) is 12.4. The monoisotopic (exact) mass is 372 g/mol. The van der Waals surface area contributed by atoms with Gasteiger partial charge in [0, 0.05) is 16.0 Å². The molecule has 0 radical (unpaired) electrons. The van der Waals surface area contributed by atoms with Gasteiger partial charge in [-0.2, -0.15) is 0 Å². The lowest BCUT2D eigenvalue weighted by Gasteiger charge is -2.15. The van der Waals surface area contributed by atoms with Gasteiger partial charge in [-0.25, -0.2) is 4.98 Å². The fourth-order valence-electron chi connectivity index (χ4n) is 1.92. The van der Waals surface area contributed by atoms with Crippen LogP contribution in [-0.4, -0.2) is 26.8 Å². The number of nitrogens with zero attached hydrogens (tertiary/aromatic N) is 2. The Kier molecular flexibility index (Phi) is 6.33. The van der Waals surface area contributed by atoms with E-state index in [1.54, 1.807) is 12.1 Å². The lowest BCUT2D eigenvalue weighted by Crippen LogP contribution is -2.28. The Hall–Kier alpha value is -1.24. The first kappa shape index (κ1) is 18.1. The van der Waals surface area contributed by atoms with E-state index in [0.717, 1.165) is 11.4 Å². The first-order chi connectivity index (χ1) is 10.9. The third kappa shape index (κ3) is 5.12. The van der Waals surface area contributed by atoms with Crippen molar-refractivity contribution in [2.75, 3.05) is 5.75 Å². The summed E-state index contributed by atoms with van der Waals surface area (Å²) < 4.78 is 0. The summed E-state index contributed by atoms with van der Waals surface area (Å²) in [4.78, 5) is 16.4. The van der Waals surface area contributed by atoms with E-state index >= 15 is 0 Å². The van der Waals surface area contributed by atoms with Gasteiger partial charge in [0.1, 0.15) is 5.82 Å². The number of nitrogens with one attached hydrogen (secondary N) is 2. The lowest BCUT2D eigenvalue weighted by atomic mass is 10.1. The molecule has 124 valence electrons. The smallest absolute Gasteiger partial charge is 0.230 e. The van der Waals surface area contributed by atoms with Crippen molar-refractivity contribution in [1.82, 2.24) is 20.5 Å². The number of benzene rings is 1. The molecule has 1 aromatic heterocycles. The summed E-state index contributed by atoms with van der Waals surface area (Å²) in [6.45, 7) is 5.93. The molecule has 5 nitrogen and oxygen atoms in total. The molecule has 0 aliphatic carbocycles. The van der Waals surface area contributed by atoms with E-state index < -0.39 is 0 Å². The number of rotatable bonds is 6. The number of hydrogen-bond acceptors (Lipinski definition) is 4. The summed E-state index contributed by atoms with van der Waals surface area (Å²) in [7, 11) is 0. The van der Waals surface area contributed by atoms with Crippen LogP contribution in [0.2, 0.25) is 10.0 Å². The summed E-state index contributed by atoms with van der Waals surface area (Å²) in [5, 5.41) is 11.5. The van der Waals surface area contributed by atoms with Crippen LogP contribution in [-0.2, 0) is 4.79 Å². The lowest BCUT2D eigenvalue weighted by molar-refractivity contribution is -0.119. The predicted molar refractivity (Wildman–Crippen MR) is 94.2 cm³/mol. The van der Waals surface area contributed by atoms with Crippen LogP contribution >= 0.6 is 35.0 Å². The van der Waals surface area contributed by atoms with E-state index in [-0.39, 0.29) is 23.6 Å².